The molecule has 0 unspecified atom stereocenters. The van der Waals surface area contributed by atoms with E-state index in [4.69, 9.17) is 0 Å². The zero-order valence-electron chi connectivity index (χ0n) is 12.6. The Bertz CT molecular complexity index is 543. The summed E-state index contributed by atoms with van der Waals surface area (Å²) in [5, 5.41) is 3.01. The minimum atomic E-state index is -3.34. The van der Waals surface area contributed by atoms with Gasteiger partial charge in [0.05, 0.1) is 4.90 Å². The van der Waals surface area contributed by atoms with Gasteiger partial charge in [0.25, 0.3) is 0 Å². The lowest BCUT2D eigenvalue weighted by molar-refractivity contribution is 0.169. The number of nitrogens with one attached hydrogen (secondary N) is 2. The van der Waals surface area contributed by atoms with Crippen LogP contribution in [0.4, 0.5) is 0 Å². The fraction of sp³-hybridized carbons (Fsp3) is 0.714. The van der Waals surface area contributed by atoms with Crippen molar-refractivity contribution in [1.29, 1.82) is 0 Å². The molecule has 5 nitrogen and oxygen atoms in total. The zero-order chi connectivity index (χ0) is 14.8. The van der Waals surface area contributed by atoms with Gasteiger partial charge in [-0.25, -0.2) is 8.42 Å². The van der Waals surface area contributed by atoms with Crippen LogP contribution in [0.3, 0.4) is 0 Å². The summed E-state index contributed by atoms with van der Waals surface area (Å²) in [5.74, 6) is 0. The van der Waals surface area contributed by atoms with E-state index in [1.54, 1.807) is 16.6 Å². The SMILES string of the molecule is CCC1(C)CCN(S(=O)(=O)c2c[nH]c(CNC)c2)CC1. The molecule has 0 saturated carbocycles. The molecule has 2 N–H and O–H groups in total. The second-order valence-electron chi connectivity index (χ2n) is 5.96. The van der Waals surface area contributed by atoms with Crippen LogP contribution in [0.2, 0.25) is 0 Å². The molecule has 0 atom stereocenters. The zero-order valence-corrected chi connectivity index (χ0v) is 13.4. The van der Waals surface area contributed by atoms with E-state index in [0.717, 1.165) is 25.0 Å². The second-order valence-corrected chi connectivity index (χ2v) is 7.90. The van der Waals surface area contributed by atoms with E-state index in [0.29, 0.717) is 29.9 Å². The van der Waals surface area contributed by atoms with Crippen LogP contribution >= 0.6 is 0 Å². The van der Waals surface area contributed by atoms with Gasteiger partial charge in [-0.15, -0.1) is 0 Å². The Morgan fingerprint density at radius 3 is 2.60 bits per heavy atom. The summed E-state index contributed by atoms with van der Waals surface area (Å²) in [6.45, 7) is 6.32. The Balaban J connectivity index is 2.11. The molecule has 1 aromatic rings. The monoisotopic (exact) mass is 299 g/mol. The van der Waals surface area contributed by atoms with Crippen LogP contribution in [0.25, 0.3) is 0 Å². The number of H-pyrrole nitrogens is 1. The molecule has 1 fully saturated rings. The van der Waals surface area contributed by atoms with Crippen molar-refractivity contribution in [3.05, 3.63) is 18.0 Å². The summed E-state index contributed by atoms with van der Waals surface area (Å²) in [6, 6.07) is 1.72. The van der Waals surface area contributed by atoms with Gasteiger partial charge in [-0.1, -0.05) is 20.3 Å². The lowest BCUT2D eigenvalue weighted by Gasteiger charge is -2.38. The molecular formula is C14H25N3O2S. The summed E-state index contributed by atoms with van der Waals surface area (Å²) < 4.78 is 26.8. The largest absolute Gasteiger partial charge is 0.363 e. The average Bonchev–Trinajstić information content (AvgIpc) is 2.89. The van der Waals surface area contributed by atoms with Gasteiger partial charge in [0.2, 0.25) is 10.0 Å². The van der Waals surface area contributed by atoms with Gasteiger partial charge >= 0.3 is 0 Å². The number of aromatic amines is 1. The Morgan fingerprint density at radius 2 is 2.05 bits per heavy atom. The van der Waals surface area contributed by atoms with Crippen LogP contribution < -0.4 is 5.32 Å². The maximum absolute atomic E-state index is 12.6. The van der Waals surface area contributed by atoms with Crippen LogP contribution in [-0.4, -0.2) is 37.8 Å². The van der Waals surface area contributed by atoms with E-state index in [1.165, 1.54) is 0 Å². The third kappa shape index (κ3) is 3.07. The molecule has 0 bridgehead atoms. The van der Waals surface area contributed by atoms with E-state index in [9.17, 15) is 8.42 Å². The molecule has 2 heterocycles. The first-order chi connectivity index (χ1) is 9.41. The topological polar surface area (TPSA) is 65.2 Å². The van der Waals surface area contributed by atoms with Crippen molar-refractivity contribution in [2.24, 2.45) is 5.41 Å². The summed E-state index contributed by atoms with van der Waals surface area (Å²) in [6.07, 6.45) is 4.58. The van der Waals surface area contributed by atoms with Crippen molar-refractivity contribution < 1.29 is 8.42 Å². The Kier molecular flexibility index (Phi) is 4.56. The summed E-state index contributed by atoms with van der Waals surface area (Å²) in [4.78, 5) is 3.39. The molecule has 1 aliphatic rings. The molecule has 6 heteroatoms. The van der Waals surface area contributed by atoms with Gasteiger partial charge in [0.1, 0.15) is 0 Å². The third-order valence-electron chi connectivity index (χ3n) is 4.50. The molecule has 0 amide bonds. The van der Waals surface area contributed by atoms with Crippen molar-refractivity contribution >= 4 is 10.0 Å². The van der Waals surface area contributed by atoms with Gasteiger partial charge in [-0.05, 0) is 31.4 Å². The van der Waals surface area contributed by atoms with E-state index in [1.807, 2.05) is 7.05 Å². The molecule has 0 aliphatic carbocycles. The van der Waals surface area contributed by atoms with E-state index < -0.39 is 10.0 Å². The van der Waals surface area contributed by atoms with Crippen molar-refractivity contribution in [2.45, 2.75) is 44.6 Å². The Labute approximate surface area is 121 Å². The molecule has 0 spiro atoms. The van der Waals surface area contributed by atoms with Gasteiger partial charge in [-0.2, -0.15) is 4.31 Å². The van der Waals surface area contributed by atoms with Crippen molar-refractivity contribution in [3.63, 3.8) is 0 Å². The third-order valence-corrected chi connectivity index (χ3v) is 6.38. The van der Waals surface area contributed by atoms with Crippen LogP contribution in [-0.2, 0) is 16.6 Å². The van der Waals surface area contributed by atoms with Crippen LogP contribution in [0, 0.1) is 5.41 Å². The molecule has 2 rings (SSSR count). The summed E-state index contributed by atoms with van der Waals surface area (Å²) in [5.41, 5.74) is 1.18. The first kappa shape index (κ1) is 15.5. The number of sulfonamides is 1. The number of hydrogen-bond donors (Lipinski definition) is 2. The van der Waals surface area contributed by atoms with Crippen molar-refractivity contribution in [2.75, 3.05) is 20.1 Å². The van der Waals surface area contributed by atoms with Gasteiger partial charge in [-0.3, -0.25) is 0 Å². The Hall–Kier alpha value is -0.850. The fourth-order valence-corrected chi connectivity index (χ4v) is 4.09. The molecule has 0 radical (unpaired) electrons. The van der Waals surface area contributed by atoms with Crippen LogP contribution in [0.5, 0.6) is 0 Å². The molecule has 114 valence electrons. The lowest BCUT2D eigenvalue weighted by atomic mass is 9.79. The van der Waals surface area contributed by atoms with Gasteiger partial charge < -0.3 is 10.3 Å². The number of rotatable bonds is 5. The first-order valence-corrected chi connectivity index (χ1v) is 8.67. The van der Waals surface area contributed by atoms with E-state index in [2.05, 4.69) is 24.1 Å². The smallest absolute Gasteiger partial charge is 0.244 e. The number of hydrogen-bond acceptors (Lipinski definition) is 3. The summed E-state index contributed by atoms with van der Waals surface area (Å²) in [7, 11) is -1.51. The minimum absolute atomic E-state index is 0.293. The fourth-order valence-electron chi connectivity index (χ4n) is 2.63. The lowest BCUT2D eigenvalue weighted by Crippen LogP contribution is -2.41. The van der Waals surface area contributed by atoms with Crippen molar-refractivity contribution in [1.82, 2.24) is 14.6 Å². The molecule has 1 aliphatic heterocycles. The number of nitrogens with zero attached hydrogens (tertiary/aromatic N) is 1. The van der Waals surface area contributed by atoms with Gasteiger partial charge in [0, 0.05) is 31.5 Å². The maximum Gasteiger partial charge on any atom is 0.244 e. The predicted octanol–water partition coefficient (Wildman–Crippen LogP) is 1.93. The molecule has 1 saturated heterocycles. The predicted molar refractivity (Wildman–Crippen MR) is 79.9 cm³/mol. The molecule has 20 heavy (non-hydrogen) atoms. The van der Waals surface area contributed by atoms with Crippen molar-refractivity contribution in [3.8, 4) is 0 Å². The van der Waals surface area contributed by atoms with Gasteiger partial charge in [0.15, 0.2) is 0 Å². The first-order valence-electron chi connectivity index (χ1n) is 7.23. The highest BCUT2D eigenvalue weighted by Gasteiger charge is 2.34. The van der Waals surface area contributed by atoms with E-state index in [-0.39, 0.29) is 0 Å². The molecule has 1 aromatic heterocycles. The highest BCUT2D eigenvalue weighted by atomic mass is 32.2. The van der Waals surface area contributed by atoms with E-state index >= 15 is 0 Å². The highest BCUT2D eigenvalue weighted by Crippen LogP contribution is 2.35. The Morgan fingerprint density at radius 1 is 1.40 bits per heavy atom. The van der Waals surface area contributed by atoms with Crippen LogP contribution in [0.1, 0.15) is 38.8 Å². The normalized spacial score (nSPS) is 20.1. The quantitative estimate of drug-likeness (QED) is 0.873. The number of aromatic nitrogens is 1. The summed E-state index contributed by atoms with van der Waals surface area (Å²) >= 11 is 0. The maximum atomic E-state index is 12.6. The average molecular weight is 299 g/mol. The second kappa shape index (κ2) is 5.87. The molecule has 0 aromatic carbocycles. The highest BCUT2D eigenvalue weighted by molar-refractivity contribution is 7.89. The standard InChI is InChI=1S/C14H25N3O2S/c1-4-14(2)5-7-17(8-6-14)20(18,19)13-9-12(10-15-3)16-11-13/h9,11,15-16H,4-8,10H2,1-3H3. The molecular weight excluding hydrogens is 274 g/mol. The number of piperidine rings is 1. The minimum Gasteiger partial charge on any atom is -0.363 e. The van der Waals surface area contributed by atoms with Crippen LogP contribution in [0.15, 0.2) is 17.2 Å².